The van der Waals surface area contributed by atoms with Crippen LogP contribution in [0, 0.1) is 0 Å². The lowest BCUT2D eigenvalue weighted by Crippen LogP contribution is -2.55. The summed E-state index contributed by atoms with van der Waals surface area (Å²) >= 11 is 0. The number of hydrogen-bond donors (Lipinski definition) is 1. The minimum Gasteiger partial charge on any atom is -0.493 e. The standard InChI is InChI=1S/C32H28O7/c1-36-28-18-10-11-21(29(28)37-2)19-32(30(33)34,39-22-12-4-3-5-13-22)31(35)38-20-27-25-16-8-6-14-23(25)24-15-7-9-17-26(24)27/h3-18,27H,19-20H2,1-2H3,(H,33,34). The first-order chi connectivity index (χ1) is 19.0. The Balaban J connectivity index is 1.51. The van der Waals surface area contributed by atoms with E-state index in [-0.39, 0.29) is 24.7 Å². The fourth-order valence-corrected chi connectivity index (χ4v) is 5.12. The lowest BCUT2D eigenvalue weighted by atomic mass is 9.92. The average Bonchev–Trinajstić information content (AvgIpc) is 3.29. The number of esters is 1. The van der Waals surface area contributed by atoms with Crippen molar-refractivity contribution in [1.82, 2.24) is 0 Å². The van der Waals surface area contributed by atoms with Crippen molar-refractivity contribution in [2.45, 2.75) is 17.9 Å². The maximum Gasteiger partial charge on any atom is 0.362 e. The number of hydrogen-bond acceptors (Lipinski definition) is 6. The molecule has 0 saturated heterocycles. The van der Waals surface area contributed by atoms with Gasteiger partial charge in [-0.25, -0.2) is 9.59 Å². The molecule has 0 saturated carbocycles. The maximum absolute atomic E-state index is 13.9. The molecule has 0 aliphatic heterocycles. The van der Waals surface area contributed by atoms with Gasteiger partial charge in [0.2, 0.25) is 0 Å². The van der Waals surface area contributed by atoms with Gasteiger partial charge in [-0.2, -0.15) is 0 Å². The molecule has 0 bridgehead atoms. The van der Waals surface area contributed by atoms with Crippen molar-refractivity contribution >= 4 is 11.9 Å². The number of carboxylic acids is 1. The molecule has 1 N–H and O–H groups in total. The summed E-state index contributed by atoms with van der Waals surface area (Å²) in [6.45, 7) is -0.0463. The Morgan fingerprint density at radius 1 is 0.769 bits per heavy atom. The number of rotatable bonds is 10. The van der Waals surface area contributed by atoms with Crippen molar-refractivity contribution in [3.8, 4) is 28.4 Å². The number of carbonyl (C=O) groups is 2. The summed E-state index contributed by atoms with van der Waals surface area (Å²) in [5, 5.41) is 10.5. The molecule has 1 aliphatic rings. The van der Waals surface area contributed by atoms with E-state index >= 15 is 0 Å². The highest BCUT2D eigenvalue weighted by Gasteiger charge is 2.52. The van der Waals surface area contributed by atoms with Gasteiger partial charge in [-0.05, 0) is 40.5 Å². The molecule has 0 aromatic heterocycles. The number of methoxy groups -OCH3 is 2. The summed E-state index contributed by atoms with van der Waals surface area (Å²) in [6, 6.07) is 29.3. The van der Waals surface area contributed by atoms with Gasteiger partial charge in [0.1, 0.15) is 12.4 Å². The molecule has 1 atom stereocenters. The summed E-state index contributed by atoms with van der Waals surface area (Å²) < 4.78 is 22.7. The molecule has 1 aliphatic carbocycles. The van der Waals surface area contributed by atoms with Crippen molar-refractivity contribution in [2.24, 2.45) is 0 Å². The Morgan fingerprint density at radius 3 is 1.97 bits per heavy atom. The van der Waals surface area contributed by atoms with Crippen LogP contribution in [0.5, 0.6) is 17.2 Å². The number of carboxylic acid groups (broad SMARTS) is 1. The van der Waals surface area contributed by atoms with Crippen molar-refractivity contribution in [3.05, 3.63) is 114 Å². The van der Waals surface area contributed by atoms with Crippen LogP contribution in [0.4, 0.5) is 0 Å². The molecule has 39 heavy (non-hydrogen) atoms. The normalized spacial score (nSPS) is 13.5. The summed E-state index contributed by atoms with van der Waals surface area (Å²) in [4.78, 5) is 26.8. The van der Waals surface area contributed by atoms with Gasteiger partial charge < -0.3 is 24.1 Å². The monoisotopic (exact) mass is 524 g/mol. The minimum atomic E-state index is -2.39. The third kappa shape index (κ3) is 4.79. The highest BCUT2D eigenvalue weighted by Crippen LogP contribution is 2.45. The molecule has 198 valence electrons. The minimum absolute atomic E-state index is 0.0463. The highest BCUT2D eigenvalue weighted by atomic mass is 16.6. The zero-order chi connectivity index (χ0) is 27.4. The molecule has 4 aromatic carbocycles. The molecule has 7 heteroatoms. The van der Waals surface area contributed by atoms with Crippen LogP contribution < -0.4 is 14.2 Å². The molecule has 4 aromatic rings. The third-order valence-electron chi connectivity index (χ3n) is 6.98. The fraction of sp³-hybridized carbons (Fsp3) is 0.188. The number of fused-ring (bicyclic) bond motifs is 3. The van der Waals surface area contributed by atoms with Crippen LogP contribution in [0.25, 0.3) is 11.1 Å². The molecule has 7 nitrogen and oxygen atoms in total. The quantitative estimate of drug-likeness (QED) is 0.216. The number of aliphatic carboxylic acids is 1. The highest BCUT2D eigenvalue weighted by molar-refractivity contribution is 6.03. The smallest absolute Gasteiger partial charge is 0.362 e. The Labute approximate surface area is 226 Å². The lowest BCUT2D eigenvalue weighted by Gasteiger charge is -2.29. The maximum atomic E-state index is 13.9. The fourth-order valence-electron chi connectivity index (χ4n) is 5.12. The third-order valence-corrected chi connectivity index (χ3v) is 6.98. The Kier molecular flexibility index (Phi) is 7.23. The molecule has 0 heterocycles. The lowest BCUT2D eigenvalue weighted by molar-refractivity contribution is -0.176. The van der Waals surface area contributed by atoms with Gasteiger partial charge in [0.15, 0.2) is 11.5 Å². The first-order valence-electron chi connectivity index (χ1n) is 12.5. The Hall–Kier alpha value is -4.78. The summed E-state index contributed by atoms with van der Waals surface area (Å²) in [5.74, 6) is -1.79. The van der Waals surface area contributed by atoms with E-state index in [1.54, 1.807) is 48.5 Å². The van der Waals surface area contributed by atoms with Gasteiger partial charge in [0.05, 0.1) is 14.2 Å². The van der Waals surface area contributed by atoms with Crippen molar-refractivity contribution in [1.29, 1.82) is 0 Å². The average molecular weight is 525 g/mol. The van der Waals surface area contributed by atoms with Gasteiger partial charge in [0.25, 0.3) is 0 Å². The van der Waals surface area contributed by atoms with Crippen molar-refractivity contribution in [2.75, 3.05) is 20.8 Å². The molecule has 0 radical (unpaired) electrons. The largest absolute Gasteiger partial charge is 0.493 e. The predicted octanol–water partition coefficient (Wildman–Crippen LogP) is 5.50. The molecule has 0 spiro atoms. The van der Waals surface area contributed by atoms with Gasteiger partial charge in [-0.1, -0.05) is 78.9 Å². The van der Waals surface area contributed by atoms with E-state index < -0.39 is 17.5 Å². The topological polar surface area (TPSA) is 91.3 Å². The molecule has 0 amide bonds. The van der Waals surface area contributed by atoms with Crippen LogP contribution in [-0.4, -0.2) is 43.5 Å². The Bertz CT molecular complexity index is 1450. The van der Waals surface area contributed by atoms with Gasteiger partial charge in [0, 0.05) is 17.9 Å². The van der Waals surface area contributed by atoms with Crippen LogP contribution >= 0.6 is 0 Å². The zero-order valence-corrected chi connectivity index (χ0v) is 21.6. The van der Waals surface area contributed by atoms with E-state index in [0.29, 0.717) is 17.1 Å². The molecule has 0 fully saturated rings. The SMILES string of the molecule is COc1cccc(CC(Oc2ccccc2)(C(=O)O)C(=O)OCC2c3ccccc3-c3ccccc32)c1OC. The molecule has 1 unspecified atom stereocenters. The van der Waals surface area contributed by atoms with Gasteiger partial charge in [-0.3, -0.25) is 0 Å². The first-order valence-corrected chi connectivity index (χ1v) is 12.5. The second-order valence-corrected chi connectivity index (χ2v) is 9.20. The predicted molar refractivity (Wildman–Crippen MR) is 145 cm³/mol. The van der Waals surface area contributed by atoms with Crippen LogP contribution in [-0.2, 0) is 20.7 Å². The van der Waals surface area contributed by atoms with Crippen molar-refractivity contribution < 1.29 is 33.6 Å². The second-order valence-electron chi connectivity index (χ2n) is 9.20. The second kappa shape index (κ2) is 10.9. The number of ether oxygens (including phenoxy) is 4. The number of carbonyl (C=O) groups excluding carboxylic acids is 1. The number of para-hydroxylation sites is 2. The summed E-state index contributed by atoms with van der Waals surface area (Å²) in [6.07, 6.45) is -0.353. The Morgan fingerprint density at radius 2 is 1.38 bits per heavy atom. The van der Waals surface area contributed by atoms with E-state index in [1.807, 2.05) is 48.5 Å². The van der Waals surface area contributed by atoms with E-state index in [1.165, 1.54) is 14.2 Å². The summed E-state index contributed by atoms with van der Waals surface area (Å²) in [7, 11) is 2.94. The zero-order valence-electron chi connectivity index (χ0n) is 21.6. The van der Waals surface area contributed by atoms with E-state index in [9.17, 15) is 14.7 Å². The van der Waals surface area contributed by atoms with Crippen LogP contribution in [0.2, 0.25) is 0 Å². The summed E-state index contributed by atoms with van der Waals surface area (Å²) in [5.41, 5.74) is 2.21. The van der Waals surface area contributed by atoms with Crippen LogP contribution in [0.15, 0.2) is 97.1 Å². The van der Waals surface area contributed by atoms with E-state index in [2.05, 4.69) is 0 Å². The van der Waals surface area contributed by atoms with Crippen molar-refractivity contribution in [3.63, 3.8) is 0 Å². The molecular formula is C32H28O7. The number of benzene rings is 4. The van der Waals surface area contributed by atoms with Crippen LogP contribution in [0.1, 0.15) is 22.6 Å². The van der Waals surface area contributed by atoms with Gasteiger partial charge in [-0.15, -0.1) is 0 Å². The van der Waals surface area contributed by atoms with E-state index in [0.717, 1.165) is 22.3 Å². The molecular weight excluding hydrogens is 496 g/mol. The van der Waals surface area contributed by atoms with Crippen LogP contribution in [0.3, 0.4) is 0 Å². The first kappa shape index (κ1) is 25.9. The molecule has 5 rings (SSSR count). The van der Waals surface area contributed by atoms with Gasteiger partial charge >= 0.3 is 17.5 Å². The van der Waals surface area contributed by atoms with E-state index in [4.69, 9.17) is 18.9 Å².